The molecule has 1 aromatic heterocycles. The molecule has 0 saturated carbocycles. The van der Waals surface area contributed by atoms with Crippen LogP contribution in [0.5, 0.6) is 0 Å². The van der Waals surface area contributed by atoms with Gasteiger partial charge < -0.3 is 14.6 Å². The number of hydrogen-bond acceptors (Lipinski definition) is 5. The molecule has 0 aromatic carbocycles. The van der Waals surface area contributed by atoms with Crippen molar-refractivity contribution in [1.29, 1.82) is 0 Å². The van der Waals surface area contributed by atoms with Crippen LogP contribution in [0.4, 0.5) is 13.2 Å². The van der Waals surface area contributed by atoms with Gasteiger partial charge in [-0.1, -0.05) is 0 Å². The van der Waals surface area contributed by atoms with Gasteiger partial charge in [-0.3, -0.25) is 4.98 Å². The summed E-state index contributed by atoms with van der Waals surface area (Å²) in [7, 11) is 0. The van der Waals surface area contributed by atoms with Crippen LogP contribution in [0, 0.1) is 6.92 Å². The maximum Gasteiger partial charge on any atom is 0.411 e. The van der Waals surface area contributed by atoms with Gasteiger partial charge in [-0.2, -0.15) is 13.2 Å². The molecule has 0 amide bonds. The van der Waals surface area contributed by atoms with Crippen LogP contribution in [0.2, 0.25) is 0 Å². The molecule has 126 valence electrons. The summed E-state index contributed by atoms with van der Waals surface area (Å²) in [6.07, 6.45) is -2.18. The SMILES string of the molecule is Cc1c(SCCOCCCOCC(F)(F)F)ccnc1CO. The Hall–Kier alpha value is -0.830. The van der Waals surface area contributed by atoms with E-state index in [1.54, 1.807) is 18.0 Å². The van der Waals surface area contributed by atoms with Gasteiger partial charge in [0.25, 0.3) is 0 Å². The van der Waals surface area contributed by atoms with Crippen LogP contribution in [0.25, 0.3) is 0 Å². The molecule has 0 aliphatic carbocycles. The first-order chi connectivity index (χ1) is 10.4. The fourth-order valence-electron chi connectivity index (χ4n) is 1.64. The number of halogens is 3. The van der Waals surface area contributed by atoms with Crippen molar-refractivity contribution in [1.82, 2.24) is 4.98 Å². The molecule has 1 aromatic rings. The Balaban J connectivity index is 2.07. The topological polar surface area (TPSA) is 51.6 Å². The van der Waals surface area contributed by atoms with Crippen LogP contribution in [-0.2, 0) is 16.1 Å². The van der Waals surface area contributed by atoms with Gasteiger partial charge >= 0.3 is 6.18 Å². The summed E-state index contributed by atoms with van der Waals surface area (Å²) in [5.74, 6) is 0.721. The van der Waals surface area contributed by atoms with Crippen molar-refractivity contribution in [3.05, 3.63) is 23.5 Å². The summed E-state index contributed by atoms with van der Waals surface area (Å²) in [5.41, 5.74) is 1.61. The molecule has 0 saturated heterocycles. The zero-order valence-electron chi connectivity index (χ0n) is 12.4. The smallest absolute Gasteiger partial charge is 0.390 e. The number of alkyl halides is 3. The predicted molar refractivity (Wildman–Crippen MR) is 77.9 cm³/mol. The van der Waals surface area contributed by atoms with Crippen molar-refractivity contribution >= 4 is 11.8 Å². The van der Waals surface area contributed by atoms with Gasteiger partial charge in [0.05, 0.1) is 18.9 Å². The molecular formula is C14H20F3NO3S. The summed E-state index contributed by atoms with van der Waals surface area (Å²) in [6.45, 7) is 1.51. The Bertz CT molecular complexity index is 444. The highest BCUT2D eigenvalue weighted by atomic mass is 32.2. The molecule has 0 radical (unpaired) electrons. The van der Waals surface area contributed by atoms with E-state index >= 15 is 0 Å². The zero-order valence-corrected chi connectivity index (χ0v) is 13.2. The number of pyridine rings is 1. The minimum absolute atomic E-state index is 0.0377. The monoisotopic (exact) mass is 339 g/mol. The molecule has 0 bridgehead atoms. The summed E-state index contributed by atoms with van der Waals surface area (Å²) in [6, 6.07) is 1.88. The quantitative estimate of drug-likeness (QED) is 0.525. The highest BCUT2D eigenvalue weighted by molar-refractivity contribution is 7.99. The van der Waals surface area contributed by atoms with E-state index in [1.165, 1.54) is 0 Å². The van der Waals surface area contributed by atoms with Crippen LogP contribution in [-0.4, -0.2) is 48.4 Å². The number of nitrogens with zero attached hydrogens (tertiary/aromatic N) is 1. The maximum atomic E-state index is 11.8. The van der Waals surface area contributed by atoms with Crippen molar-refractivity contribution in [2.45, 2.75) is 31.0 Å². The molecular weight excluding hydrogens is 319 g/mol. The Kier molecular flexibility index (Phi) is 8.77. The summed E-state index contributed by atoms with van der Waals surface area (Å²) >= 11 is 1.59. The Labute approximate surface area is 132 Å². The molecule has 1 rings (SSSR count). The average Bonchev–Trinajstić information content (AvgIpc) is 2.46. The van der Waals surface area contributed by atoms with Crippen molar-refractivity contribution in [2.75, 3.05) is 32.2 Å². The second kappa shape index (κ2) is 10.0. The Morgan fingerprint density at radius 3 is 2.64 bits per heavy atom. The molecule has 1 heterocycles. The van der Waals surface area contributed by atoms with Crippen LogP contribution < -0.4 is 0 Å². The number of hydrogen-bond donors (Lipinski definition) is 1. The second-order valence-corrected chi connectivity index (χ2v) is 5.66. The highest BCUT2D eigenvalue weighted by Gasteiger charge is 2.27. The van der Waals surface area contributed by atoms with Crippen molar-refractivity contribution in [2.24, 2.45) is 0 Å². The fraction of sp³-hybridized carbons (Fsp3) is 0.643. The molecule has 0 spiro atoms. The second-order valence-electron chi connectivity index (χ2n) is 4.52. The molecule has 0 unspecified atom stereocenters. The lowest BCUT2D eigenvalue weighted by molar-refractivity contribution is -0.174. The first kappa shape index (κ1) is 19.2. The van der Waals surface area contributed by atoms with Gasteiger partial charge in [0.1, 0.15) is 6.61 Å². The molecule has 0 aliphatic heterocycles. The summed E-state index contributed by atoms with van der Waals surface area (Å²) in [5, 5.41) is 9.13. The normalized spacial score (nSPS) is 11.9. The standard InChI is InChI=1S/C14H20F3NO3S/c1-11-12(9-19)18-4-3-13(11)22-8-7-20-5-2-6-21-10-14(15,16)17/h3-4,19H,2,5-10H2,1H3. The number of aliphatic hydroxyl groups is 1. The molecule has 0 aliphatic rings. The largest absolute Gasteiger partial charge is 0.411 e. The van der Waals surface area contributed by atoms with Crippen LogP contribution >= 0.6 is 11.8 Å². The number of rotatable bonds is 10. The molecule has 0 atom stereocenters. The van der Waals surface area contributed by atoms with E-state index in [0.29, 0.717) is 25.3 Å². The third-order valence-corrected chi connectivity index (χ3v) is 3.86. The van der Waals surface area contributed by atoms with E-state index in [-0.39, 0.29) is 13.2 Å². The third-order valence-electron chi connectivity index (χ3n) is 2.74. The van der Waals surface area contributed by atoms with Gasteiger partial charge in [-0.15, -0.1) is 11.8 Å². The van der Waals surface area contributed by atoms with Gasteiger partial charge in [-0.25, -0.2) is 0 Å². The summed E-state index contributed by atoms with van der Waals surface area (Å²) < 4.78 is 45.2. The maximum absolute atomic E-state index is 11.8. The first-order valence-electron chi connectivity index (χ1n) is 6.84. The van der Waals surface area contributed by atoms with E-state index in [9.17, 15) is 13.2 Å². The number of thioether (sulfide) groups is 1. The molecule has 4 nitrogen and oxygen atoms in total. The van der Waals surface area contributed by atoms with E-state index in [0.717, 1.165) is 16.2 Å². The molecule has 22 heavy (non-hydrogen) atoms. The summed E-state index contributed by atoms with van der Waals surface area (Å²) in [4.78, 5) is 5.11. The third kappa shape index (κ3) is 7.98. The lowest BCUT2D eigenvalue weighted by Gasteiger charge is -2.09. The lowest BCUT2D eigenvalue weighted by Crippen LogP contribution is -2.17. The van der Waals surface area contributed by atoms with E-state index in [1.807, 2.05) is 13.0 Å². The van der Waals surface area contributed by atoms with E-state index in [2.05, 4.69) is 9.72 Å². The van der Waals surface area contributed by atoms with Crippen molar-refractivity contribution < 1.29 is 27.8 Å². The fourth-order valence-corrected chi connectivity index (χ4v) is 2.55. The van der Waals surface area contributed by atoms with Crippen molar-refractivity contribution in [3.63, 3.8) is 0 Å². The average molecular weight is 339 g/mol. The van der Waals surface area contributed by atoms with Gasteiger partial charge in [0.2, 0.25) is 0 Å². The minimum atomic E-state index is -4.27. The molecule has 1 N–H and O–H groups in total. The highest BCUT2D eigenvalue weighted by Crippen LogP contribution is 2.23. The van der Waals surface area contributed by atoms with Crippen LogP contribution in [0.15, 0.2) is 17.2 Å². The molecule has 0 fully saturated rings. The minimum Gasteiger partial charge on any atom is -0.390 e. The Morgan fingerprint density at radius 2 is 1.95 bits per heavy atom. The van der Waals surface area contributed by atoms with Gasteiger partial charge in [0, 0.05) is 30.1 Å². The van der Waals surface area contributed by atoms with Crippen molar-refractivity contribution in [3.8, 4) is 0 Å². The van der Waals surface area contributed by atoms with Crippen LogP contribution in [0.3, 0.4) is 0 Å². The van der Waals surface area contributed by atoms with Crippen LogP contribution in [0.1, 0.15) is 17.7 Å². The number of ether oxygens (including phenoxy) is 2. The van der Waals surface area contributed by atoms with E-state index < -0.39 is 12.8 Å². The Morgan fingerprint density at radius 1 is 1.23 bits per heavy atom. The zero-order chi connectivity index (χ0) is 16.4. The predicted octanol–water partition coefficient (Wildman–Crippen LogP) is 2.96. The number of aliphatic hydroxyl groups excluding tert-OH is 1. The lowest BCUT2D eigenvalue weighted by atomic mass is 10.2. The molecule has 8 heteroatoms. The van der Waals surface area contributed by atoms with Gasteiger partial charge in [-0.05, 0) is 25.0 Å². The first-order valence-corrected chi connectivity index (χ1v) is 7.83. The van der Waals surface area contributed by atoms with Gasteiger partial charge in [0.15, 0.2) is 0 Å². The number of aromatic nitrogens is 1. The van der Waals surface area contributed by atoms with E-state index in [4.69, 9.17) is 9.84 Å².